The highest BCUT2D eigenvalue weighted by Crippen LogP contribution is 2.48. The van der Waals surface area contributed by atoms with Gasteiger partial charge in [-0.15, -0.1) is 0 Å². The Balaban J connectivity index is 0.000000344. The third kappa shape index (κ3) is 10.9. The SMILES string of the molecule is C=N/C=C(\C=NCCO)N1CCCC1=O.C=O.CC.CNCCNC1CC2(C1)CN(Cc1ccccc1)C2. The van der Waals surface area contributed by atoms with E-state index in [4.69, 9.17) is 9.90 Å². The van der Waals surface area contributed by atoms with Crippen LogP contribution in [0.4, 0.5) is 0 Å². The first-order valence-electron chi connectivity index (χ1n) is 13.6. The van der Waals surface area contributed by atoms with Crippen LogP contribution < -0.4 is 10.6 Å². The molecule has 3 N–H and O–H groups in total. The molecule has 1 aromatic carbocycles. The van der Waals surface area contributed by atoms with Crippen molar-refractivity contribution in [2.24, 2.45) is 15.4 Å². The quantitative estimate of drug-likeness (QED) is 0.301. The average molecular weight is 529 g/mol. The van der Waals surface area contributed by atoms with E-state index in [-0.39, 0.29) is 12.5 Å². The normalized spacial score (nSPS) is 18.4. The van der Waals surface area contributed by atoms with Crippen molar-refractivity contribution in [2.75, 3.05) is 52.9 Å². The molecule has 0 atom stereocenters. The maximum absolute atomic E-state index is 11.4. The first-order chi connectivity index (χ1) is 18.6. The Bertz CT molecular complexity index is 847. The topological polar surface area (TPSA) is 110 Å². The van der Waals surface area contributed by atoms with E-state index in [2.05, 4.69) is 62.6 Å². The molecule has 1 aliphatic carbocycles. The van der Waals surface area contributed by atoms with Crippen molar-refractivity contribution in [3.8, 4) is 0 Å². The lowest BCUT2D eigenvalue weighted by molar-refractivity contribution is -0.125. The van der Waals surface area contributed by atoms with E-state index in [1.807, 2.05) is 27.7 Å². The molecule has 9 nitrogen and oxygen atoms in total. The van der Waals surface area contributed by atoms with Gasteiger partial charge in [0.25, 0.3) is 0 Å². The highest BCUT2D eigenvalue weighted by Gasteiger charge is 2.51. The molecule has 2 heterocycles. The predicted octanol–water partition coefficient (Wildman–Crippen LogP) is 2.52. The molecule has 4 rings (SSSR count). The van der Waals surface area contributed by atoms with Crippen LogP contribution in [0.15, 0.2) is 52.2 Å². The van der Waals surface area contributed by atoms with Crippen molar-refractivity contribution in [1.82, 2.24) is 20.4 Å². The summed E-state index contributed by atoms with van der Waals surface area (Å²) in [4.78, 5) is 31.2. The number of aliphatic imine (C=N–C) groups is 2. The third-order valence-electron chi connectivity index (χ3n) is 6.60. The van der Waals surface area contributed by atoms with Gasteiger partial charge in [0.05, 0.1) is 25.0 Å². The molecule has 9 heteroatoms. The molecule has 212 valence electrons. The van der Waals surface area contributed by atoms with Crippen LogP contribution in [-0.4, -0.2) is 99.5 Å². The lowest BCUT2D eigenvalue weighted by Gasteiger charge is -2.59. The smallest absolute Gasteiger partial charge is 0.227 e. The zero-order chi connectivity index (χ0) is 28.2. The highest BCUT2D eigenvalue weighted by atomic mass is 16.3. The van der Waals surface area contributed by atoms with E-state index < -0.39 is 0 Å². The molecular formula is C29H48N6O3. The number of aliphatic hydroxyl groups is 1. The number of rotatable bonds is 11. The minimum absolute atomic E-state index is 0.000750. The van der Waals surface area contributed by atoms with Crippen molar-refractivity contribution in [3.63, 3.8) is 0 Å². The largest absolute Gasteiger partial charge is 0.394 e. The fraction of sp³-hybridized carbons (Fsp3) is 0.586. The maximum atomic E-state index is 11.4. The van der Waals surface area contributed by atoms with Crippen LogP contribution in [0.2, 0.25) is 0 Å². The number of nitrogens with zero attached hydrogens (tertiary/aromatic N) is 4. The number of aliphatic hydroxyl groups excluding tert-OH is 1. The van der Waals surface area contributed by atoms with Crippen LogP contribution in [-0.2, 0) is 16.1 Å². The number of benzene rings is 1. The van der Waals surface area contributed by atoms with Gasteiger partial charge in [-0.25, -0.2) is 0 Å². The second kappa shape index (κ2) is 19.4. The lowest BCUT2D eigenvalue weighted by atomic mass is 9.60. The number of likely N-dealkylation sites (N-methyl/N-ethyl adjacent to an activating group) is 1. The highest BCUT2D eigenvalue weighted by molar-refractivity contribution is 5.89. The maximum Gasteiger partial charge on any atom is 0.227 e. The number of allylic oxidation sites excluding steroid dienone is 1. The van der Waals surface area contributed by atoms with E-state index in [1.165, 1.54) is 37.7 Å². The number of amides is 1. The first kappa shape index (κ1) is 33.3. The van der Waals surface area contributed by atoms with Crippen LogP contribution >= 0.6 is 0 Å². The van der Waals surface area contributed by atoms with Crippen LogP contribution in [0.3, 0.4) is 0 Å². The molecule has 38 heavy (non-hydrogen) atoms. The second-order valence-corrected chi connectivity index (χ2v) is 9.44. The lowest BCUT2D eigenvalue weighted by Crippen LogP contribution is -2.65. The molecule has 1 spiro atoms. The zero-order valence-corrected chi connectivity index (χ0v) is 23.6. The molecule has 3 aliphatic rings. The van der Waals surface area contributed by atoms with Crippen molar-refractivity contribution >= 4 is 25.6 Å². The van der Waals surface area contributed by atoms with Crippen LogP contribution in [0.1, 0.15) is 45.1 Å². The third-order valence-corrected chi connectivity index (χ3v) is 6.60. The Hall–Kier alpha value is -2.72. The number of hydrogen-bond donors (Lipinski definition) is 3. The summed E-state index contributed by atoms with van der Waals surface area (Å²) in [6, 6.07) is 11.6. The van der Waals surface area contributed by atoms with E-state index in [0.29, 0.717) is 30.6 Å². The van der Waals surface area contributed by atoms with Gasteiger partial charge in [0.2, 0.25) is 5.91 Å². The van der Waals surface area contributed by atoms with E-state index in [0.717, 1.165) is 32.1 Å². The molecule has 1 saturated carbocycles. The summed E-state index contributed by atoms with van der Waals surface area (Å²) in [5.41, 5.74) is 2.74. The zero-order valence-electron chi connectivity index (χ0n) is 23.6. The Morgan fingerprint density at radius 2 is 1.87 bits per heavy atom. The van der Waals surface area contributed by atoms with Gasteiger partial charge in [-0.1, -0.05) is 44.2 Å². The number of hydrogen-bond acceptors (Lipinski definition) is 8. The molecule has 3 fully saturated rings. The molecule has 2 saturated heterocycles. The molecule has 0 unspecified atom stereocenters. The van der Waals surface area contributed by atoms with Crippen molar-refractivity contribution in [2.45, 2.75) is 52.1 Å². The van der Waals surface area contributed by atoms with Gasteiger partial charge in [-0.05, 0) is 44.0 Å². The van der Waals surface area contributed by atoms with Crippen molar-refractivity contribution in [3.05, 3.63) is 47.8 Å². The number of likely N-dealkylation sites (tertiary alicyclic amines) is 2. The molecule has 1 amide bonds. The average Bonchev–Trinajstić information content (AvgIpc) is 3.34. The number of nitrogens with one attached hydrogen (secondary N) is 2. The van der Waals surface area contributed by atoms with Gasteiger partial charge in [0, 0.05) is 57.9 Å². The van der Waals surface area contributed by atoms with Gasteiger partial charge in [-0.2, -0.15) is 0 Å². The van der Waals surface area contributed by atoms with Gasteiger partial charge in [0.15, 0.2) is 0 Å². The van der Waals surface area contributed by atoms with E-state index in [9.17, 15) is 4.79 Å². The Labute approximate surface area is 229 Å². The van der Waals surface area contributed by atoms with Crippen LogP contribution in [0.5, 0.6) is 0 Å². The molecule has 0 bridgehead atoms. The van der Waals surface area contributed by atoms with Crippen LogP contribution in [0, 0.1) is 5.41 Å². The summed E-state index contributed by atoms with van der Waals surface area (Å²) in [5, 5.41) is 15.4. The Morgan fingerprint density at radius 3 is 2.42 bits per heavy atom. The van der Waals surface area contributed by atoms with E-state index >= 15 is 0 Å². The summed E-state index contributed by atoms with van der Waals surface area (Å²) >= 11 is 0. The summed E-state index contributed by atoms with van der Waals surface area (Å²) in [6.45, 7) is 16.3. The molecule has 0 radical (unpaired) electrons. The van der Waals surface area contributed by atoms with Crippen molar-refractivity contribution in [1.29, 1.82) is 0 Å². The number of carbonyl (C=O) groups is 2. The number of carbonyl (C=O) groups excluding carboxylic acids is 2. The van der Waals surface area contributed by atoms with Gasteiger partial charge in [-0.3, -0.25) is 19.7 Å². The van der Waals surface area contributed by atoms with Gasteiger partial charge < -0.3 is 25.4 Å². The summed E-state index contributed by atoms with van der Waals surface area (Å²) < 4.78 is 0. The first-order valence-corrected chi connectivity index (χ1v) is 13.6. The standard InChI is InChI=1S/C16H25N3.C10H15N3O2.C2H6.CH2O/c1-17-7-8-18-15-9-16(10-15)12-19(13-16)11-14-5-3-2-4-6-14;1-11-7-9(8-12-4-6-14)13-5-2-3-10(13)15;2*1-2/h2-6,15,17-18H,7-13H2,1H3;7-8,14H,1-6H2;1-2H3;1H2/b;9-7+,12-8?;;. The Morgan fingerprint density at radius 1 is 1.18 bits per heavy atom. The van der Waals surface area contributed by atoms with Crippen molar-refractivity contribution < 1.29 is 14.7 Å². The summed E-state index contributed by atoms with van der Waals surface area (Å²) in [7, 11) is 2.01. The second-order valence-electron chi connectivity index (χ2n) is 9.44. The summed E-state index contributed by atoms with van der Waals surface area (Å²) in [6.07, 6.45) is 7.24. The van der Waals surface area contributed by atoms with Gasteiger partial charge in [0.1, 0.15) is 6.79 Å². The minimum atomic E-state index is -0.000750. The molecule has 2 aliphatic heterocycles. The van der Waals surface area contributed by atoms with Gasteiger partial charge >= 0.3 is 0 Å². The predicted molar refractivity (Wildman–Crippen MR) is 157 cm³/mol. The molecule has 0 aromatic heterocycles. The van der Waals surface area contributed by atoms with Crippen LogP contribution in [0.25, 0.3) is 0 Å². The fourth-order valence-corrected chi connectivity index (χ4v) is 5.05. The Kier molecular flexibility index (Phi) is 17.0. The summed E-state index contributed by atoms with van der Waals surface area (Å²) in [5.74, 6) is 0.0837. The monoisotopic (exact) mass is 528 g/mol. The molecular weight excluding hydrogens is 480 g/mol. The van der Waals surface area contributed by atoms with E-state index in [1.54, 1.807) is 11.1 Å². The fourth-order valence-electron chi connectivity index (χ4n) is 5.05. The molecule has 1 aromatic rings. The minimum Gasteiger partial charge on any atom is -0.394 e.